The topological polar surface area (TPSA) is 103 Å². The molecule has 156 valence electrons. The number of hydrogen-bond acceptors (Lipinski definition) is 6. The second-order valence-electron chi connectivity index (χ2n) is 8.32. The number of benzene rings is 1. The maximum atomic E-state index is 12.1. The summed E-state index contributed by atoms with van der Waals surface area (Å²) < 4.78 is 7.11. The average Bonchev–Trinajstić information content (AvgIpc) is 3.06. The fourth-order valence-electron chi connectivity index (χ4n) is 3.38. The van der Waals surface area contributed by atoms with Crippen LogP contribution in [0.5, 0.6) is 0 Å². The maximum Gasteiger partial charge on any atom is 0.407 e. The molecular weight excluding hydrogens is 374 g/mol. The number of carbonyl (C=O) groups is 1. The fraction of sp³-hybridized carbons (Fsp3) is 0.500. The first-order valence-electron chi connectivity index (χ1n) is 9.65. The molecule has 1 amide bonds. The van der Waals surface area contributed by atoms with Crippen LogP contribution in [-0.4, -0.2) is 45.3 Å². The third kappa shape index (κ3) is 5.46. The molecule has 9 nitrogen and oxygen atoms in total. The van der Waals surface area contributed by atoms with Crippen LogP contribution in [0.2, 0.25) is 0 Å². The predicted octanol–water partition coefficient (Wildman–Crippen LogP) is 3.58. The summed E-state index contributed by atoms with van der Waals surface area (Å²) in [5.41, 5.74) is 1.72. The highest BCUT2D eigenvalue weighted by Crippen LogP contribution is 2.28. The highest BCUT2D eigenvalue weighted by Gasteiger charge is 2.25. The van der Waals surface area contributed by atoms with Crippen LogP contribution in [0.4, 0.5) is 16.2 Å². The lowest BCUT2D eigenvalue weighted by molar-refractivity contribution is -0.384. The second-order valence-corrected chi connectivity index (χ2v) is 8.32. The Kier molecular flexibility index (Phi) is 5.76. The molecule has 1 aliphatic heterocycles. The second kappa shape index (κ2) is 8.10. The highest BCUT2D eigenvalue weighted by atomic mass is 16.6. The lowest BCUT2D eigenvalue weighted by Crippen LogP contribution is -2.49. The van der Waals surface area contributed by atoms with Crippen LogP contribution >= 0.6 is 0 Å². The van der Waals surface area contributed by atoms with E-state index < -0.39 is 16.6 Å². The van der Waals surface area contributed by atoms with E-state index >= 15 is 0 Å². The van der Waals surface area contributed by atoms with Crippen molar-refractivity contribution < 1.29 is 14.5 Å². The number of imidazole rings is 1. The molecule has 0 spiro atoms. The summed E-state index contributed by atoms with van der Waals surface area (Å²) in [5.74, 6) is 0. The minimum Gasteiger partial charge on any atom is -0.444 e. The summed E-state index contributed by atoms with van der Waals surface area (Å²) in [5, 5.41) is 14.4. The normalized spacial score (nSPS) is 17.1. The first kappa shape index (κ1) is 20.6. The van der Waals surface area contributed by atoms with Gasteiger partial charge in [-0.2, -0.15) is 0 Å². The smallest absolute Gasteiger partial charge is 0.407 e. The lowest BCUT2D eigenvalue weighted by Gasteiger charge is -2.35. The number of nitrogens with one attached hydrogen (secondary N) is 1. The van der Waals surface area contributed by atoms with Crippen molar-refractivity contribution in [3.8, 4) is 5.69 Å². The minimum absolute atomic E-state index is 0.0195. The lowest BCUT2D eigenvalue weighted by atomic mass is 10.0. The van der Waals surface area contributed by atoms with Crippen LogP contribution in [0, 0.1) is 17.0 Å². The number of amides is 1. The number of anilines is 1. The Morgan fingerprint density at radius 2 is 2.03 bits per heavy atom. The molecule has 1 N–H and O–H groups in total. The zero-order chi connectivity index (χ0) is 21.2. The largest absolute Gasteiger partial charge is 0.444 e. The number of nitrogens with zero attached hydrogens (tertiary/aromatic N) is 4. The molecule has 3 rings (SSSR count). The van der Waals surface area contributed by atoms with Crippen LogP contribution in [0.15, 0.2) is 30.7 Å². The first-order valence-corrected chi connectivity index (χ1v) is 9.65. The van der Waals surface area contributed by atoms with Gasteiger partial charge in [0, 0.05) is 43.1 Å². The van der Waals surface area contributed by atoms with Crippen molar-refractivity contribution in [3.63, 3.8) is 0 Å². The van der Waals surface area contributed by atoms with Gasteiger partial charge in [0.25, 0.3) is 5.69 Å². The zero-order valence-corrected chi connectivity index (χ0v) is 17.2. The van der Waals surface area contributed by atoms with Gasteiger partial charge in [-0.1, -0.05) is 0 Å². The summed E-state index contributed by atoms with van der Waals surface area (Å²) in [6, 6.07) is 4.93. The van der Waals surface area contributed by atoms with E-state index in [0.29, 0.717) is 12.2 Å². The van der Waals surface area contributed by atoms with Crippen LogP contribution in [0.3, 0.4) is 0 Å². The third-order valence-electron chi connectivity index (χ3n) is 4.62. The van der Waals surface area contributed by atoms with Crippen LogP contribution in [0.1, 0.15) is 39.3 Å². The monoisotopic (exact) mass is 401 g/mol. The van der Waals surface area contributed by atoms with Gasteiger partial charge in [0.05, 0.1) is 22.6 Å². The number of non-ortho nitro benzene ring substituents is 1. The van der Waals surface area contributed by atoms with Crippen molar-refractivity contribution in [2.45, 2.75) is 52.2 Å². The van der Waals surface area contributed by atoms with Crippen molar-refractivity contribution in [1.29, 1.82) is 0 Å². The molecule has 1 aliphatic rings. The van der Waals surface area contributed by atoms with E-state index in [9.17, 15) is 14.9 Å². The Morgan fingerprint density at radius 3 is 2.66 bits per heavy atom. The van der Waals surface area contributed by atoms with Crippen LogP contribution in [0.25, 0.3) is 5.69 Å². The fourth-order valence-corrected chi connectivity index (χ4v) is 3.38. The summed E-state index contributed by atoms with van der Waals surface area (Å²) >= 11 is 0. The van der Waals surface area contributed by atoms with E-state index in [2.05, 4.69) is 15.2 Å². The number of rotatable bonds is 4. The number of nitro groups is 1. The molecule has 0 saturated carbocycles. The molecular formula is C20H27N5O4. The van der Waals surface area contributed by atoms with E-state index in [4.69, 9.17) is 4.74 Å². The van der Waals surface area contributed by atoms with Gasteiger partial charge in [0.2, 0.25) is 0 Å². The Balaban J connectivity index is 1.80. The number of aromatic nitrogens is 2. The van der Waals surface area contributed by atoms with Gasteiger partial charge in [-0.3, -0.25) is 10.1 Å². The molecule has 29 heavy (non-hydrogen) atoms. The molecule has 2 heterocycles. The van der Waals surface area contributed by atoms with E-state index in [1.165, 1.54) is 6.07 Å². The molecule has 0 radical (unpaired) electrons. The van der Waals surface area contributed by atoms with Gasteiger partial charge in [-0.05, 0) is 46.6 Å². The van der Waals surface area contributed by atoms with Crippen LogP contribution in [-0.2, 0) is 4.74 Å². The van der Waals surface area contributed by atoms with Crippen LogP contribution < -0.4 is 10.2 Å². The molecule has 0 bridgehead atoms. The van der Waals surface area contributed by atoms with Gasteiger partial charge in [-0.15, -0.1) is 0 Å². The van der Waals surface area contributed by atoms with E-state index in [0.717, 1.165) is 30.8 Å². The Labute approximate surface area is 169 Å². The zero-order valence-electron chi connectivity index (χ0n) is 17.2. The standard InChI is InChI=1S/C20H27N5O4/c1-14-11-24(13-21-14)17-8-16(9-18(10-17)25(27)28)23-7-5-6-15(12-23)22-19(26)29-20(2,3)4/h8-11,13,15H,5-7,12H2,1-4H3,(H,22,26). The predicted molar refractivity (Wildman–Crippen MR) is 110 cm³/mol. The average molecular weight is 401 g/mol. The summed E-state index contributed by atoms with van der Waals surface area (Å²) in [4.78, 5) is 29.4. The molecule has 1 fully saturated rings. The van der Waals surface area contributed by atoms with Crippen molar-refractivity contribution in [1.82, 2.24) is 14.9 Å². The molecule has 1 aromatic heterocycles. The van der Waals surface area contributed by atoms with Gasteiger partial charge >= 0.3 is 6.09 Å². The van der Waals surface area contributed by atoms with Gasteiger partial charge < -0.3 is 19.5 Å². The summed E-state index contributed by atoms with van der Waals surface area (Å²) in [7, 11) is 0. The molecule has 0 aliphatic carbocycles. The molecule has 1 aromatic carbocycles. The Hall–Kier alpha value is -3.10. The van der Waals surface area contributed by atoms with Crippen molar-refractivity contribution >= 4 is 17.5 Å². The van der Waals surface area contributed by atoms with Gasteiger partial charge in [0.1, 0.15) is 5.60 Å². The molecule has 1 saturated heterocycles. The molecule has 9 heteroatoms. The molecule has 1 unspecified atom stereocenters. The van der Waals surface area contributed by atoms with Gasteiger partial charge in [0.15, 0.2) is 0 Å². The van der Waals surface area contributed by atoms with Crippen molar-refractivity contribution in [2.24, 2.45) is 0 Å². The number of piperidine rings is 1. The number of hydrogen-bond donors (Lipinski definition) is 1. The van der Waals surface area contributed by atoms with Crippen molar-refractivity contribution in [3.05, 3.63) is 46.5 Å². The summed E-state index contributed by atoms with van der Waals surface area (Å²) in [6.07, 6.45) is 4.71. The number of carbonyl (C=O) groups excluding carboxylic acids is 1. The quantitative estimate of drug-likeness (QED) is 0.620. The van der Waals surface area contributed by atoms with E-state index in [1.807, 2.05) is 40.0 Å². The SMILES string of the molecule is Cc1cn(-c2cc(N3CCCC(NC(=O)OC(C)(C)C)C3)cc([N+](=O)[O-])c2)cn1. The molecule has 2 aromatic rings. The number of nitro benzene ring substituents is 1. The highest BCUT2D eigenvalue weighted by molar-refractivity contribution is 5.68. The van der Waals surface area contributed by atoms with E-state index in [1.54, 1.807) is 17.0 Å². The van der Waals surface area contributed by atoms with Gasteiger partial charge in [-0.25, -0.2) is 9.78 Å². The maximum absolute atomic E-state index is 12.1. The Bertz CT molecular complexity index is 903. The third-order valence-corrected chi connectivity index (χ3v) is 4.62. The summed E-state index contributed by atoms with van der Waals surface area (Å²) in [6.45, 7) is 8.65. The number of alkyl carbamates (subject to hydrolysis) is 1. The van der Waals surface area contributed by atoms with Crippen molar-refractivity contribution in [2.75, 3.05) is 18.0 Å². The van der Waals surface area contributed by atoms with E-state index in [-0.39, 0.29) is 11.7 Å². The minimum atomic E-state index is -0.559. The first-order chi connectivity index (χ1) is 13.6. The number of aryl methyl sites for hydroxylation is 1. The Morgan fingerprint density at radius 1 is 1.31 bits per heavy atom. The number of ether oxygens (including phenoxy) is 1. The molecule has 1 atom stereocenters.